The Balaban J connectivity index is 1.56. The van der Waals surface area contributed by atoms with Gasteiger partial charge in [0, 0.05) is 22.8 Å². The number of benzene rings is 1. The van der Waals surface area contributed by atoms with Crippen LogP contribution in [0.3, 0.4) is 0 Å². The van der Waals surface area contributed by atoms with Gasteiger partial charge in [0.25, 0.3) is 0 Å². The molecule has 0 unspecified atom stereocenters. The Bertz CT molecular complexity index is 974. The van der Waals surface area contributed by atoms with E-state index in [0.717, 1.165) is 48.5 Å². The first-order valence-corrected chi connectivity index (χ1v) is 11.4. The van der Waals surface area contributed by atoms with E-state index in [1.165, 1.54) is 10.7 Å². The van der Waals surface area contributed by atoms with Crippen molar-refractivity contribution >= 4 is 17.4 Å². The predicted octanol–water partition coefficient (Wildman–Crippen LogP) is 5.80. The van der Waals surface area contributed by atoms with Crippen LogP contribution in [-0.2, 0) is 6.42 Å². The van der Waals surface area contributed by atoms with Gasteiger partial charge in [0.15, 0.2) is 5.82 Å². The summed E-state index contributed by atoms with van der Waals surface area (Å²) < 4.78 is 5.51. The number of hydrogen-bond acceptors (Lipinski definition) is 6. The molecule has 3 rings (SSSR count). The summed E-state index contributed by atoms with van der Waals surface area (Å²) in [5, 5.41) is 16.2. The van der Waals surface area contributed by atoms with Crippen molar-refractivity contribution < 1.29 is 4.74 Å². The molecule has 0 saturated carbocycles. The van der Waals surface area contributed by atoms with E-state index >= 15 is 0 Å². The molecule has 0 saturated heterocycles. The number of aromatic nitrogens is 5. The molecule has 0 bridgehead atoms. The van der Waals surface area contributed by atoms with Crippen molar-refractivity contribution in [1.82, 2.24) is 25.2 Å². The average molecular weight is 426 g/mol. The molecule has 2 aromatic heterocycles. The summed E-state index contributed by atoms with van der Waals surface area (Å²) in [6.45, 7) is 8.50. The summed E-state index contributed by atoms with van der Waals surface area (Å²) in [6, 6.07) is 5.92. The molecule has 0 fully saturated rings. The third kappa shape index (κ3) is 5.75. The Morgan fingerprint density at radius 2 is 1.97 bits per heavy atom. The molecular weight excluding hydrogens is 394 g/mol. The molecule has 0 aliphatic carbocycles. The van der Waals surface area contributed by atoms with Gasteiger partial charge in [-0.2, -0.15) is 0 Å². The molecule has 0 N–H and O–H groups in total. The molecule has 0 radical (unpaired) electrons. The zero-order chi connectivity index (χ0) is 21.5. The molecule has 3 aromatic rings. The van der Waals surface area contributed by atoms with Gasteiger partial charge in [0.2, 0.25) is 0 Å². The standard InChI is InChI=1S/C23H31N5OS/c1-16(2)22-25-27-28(26-22)20-12-13-21(29-5)18(14-20)10-8-6-7-9-11-19-15-30-23(24-19)17(3)4/h8,10,12-17H,6-7,9,11H2,1-5H3. The van der Waals surface area contributed by atoms with Crippen molar-refractivity contribution in [2.45, 2.75) is 65.2 Å². The first kappa shape index (κ1) is 22.2. The number of thiazole rings is 1. The topological polar surface area (TPSA) is 65.7 Å². The summed E-state index contributed by atoms with van der Waals surface area (Å²) in [5.41, 5.74) is 3.11. The molecule has 30 heavy (non-hydrogen) atoms. The van der Waals surface area contributed by atoms with E-state index in [4.69, 9.17) is 9.72 Å². The van der Waals surface area contributed by atoms with Crippen molar-refractivity contribution in [3.05, 3.63) is 51.7 Å². The molecule has 0 spiro atoms. The van der Waals surface area contributed by atoms with Crippen LogP contribution in [0.2, 0.25) is 0 Å². The van der Waals surface area contributed by atoms with E-state index < -0.39 is 0 Å². The maximum absolute atomic E-state index is 5.51. The third-order valence-corrected chi connectivity index (χ3v) is 6.00. The number of methoxy groups -OCH3 is 1. The number of ether oxygens (including phenoxy) is 1. The van der Waals surface area contributed by atoms with Crippen LogP contribution in [0, 0.1) is 0 Å². The molecule has 6 nitrogen and oxygen atoms in total. The Kier molecular flexibility index (Phi) is 7.74. The molecule has 0 aliphatic heterocycles. The van der Waals surface area contributed by atoms with Crippen LogP contribution < -0.4 is 4.74 Å². The highest BCUT2D eigenvalue weighted by atomic mass is 32.1. The van der Waals surface area contributed by atoms with Gasteiger partial charge in [0.1, 0.15) is 5.75 Å². The lowest BCUT2D eigenvalue weighted by atomic mass is 10.1. The van der Waals surface area contributed by atoms with Gasteiger partial charge in [-0.1, -0.05) is 39.8 Å². The second-order valence-electron chi connectivity index (χ2n) is 8.00. The highest BCUT2D eigenvalue weighted by Crippen LogP contribution is 2.24. The number of allylic oxidation sites excluding steroid dienone is 1. The van der Waals surface area contributed by atoms with Gasteiger partial charge in [-0.25, -0.2) is 4.98 Å². The molecule has 2 heterocycles. The number of aryl methyl sites for hydroxylation is 1. The quantitative estimate of drug-likeness (QED) is 0.384. The smallest absolute Gasteiger partial charge is 0.177 e. The Morgan fingerprint density at radius 3 is 2.63 bits per heavy atom. The zero-order valence-corrected chi connectivity index (χ0v) is 19.3. The highest BCUT2D eigenvalue weighted by Gasteiger charge is 2.10. The minimum absolute atomic E-state index is 0.248. The van der Waals surface area contributed by atoms with E-state index in [2.05, 4.69) is 60.6 Å². The van der Waals surface area contributed by atoms with Crippen molar-refractivity contribution in [2.24, 2.45) is 0 Å². The number of unbranched alkanes of at least 4 members (excludes halogenated alkanes) is 2. The minimum Gasteiger partial charge on any atom is -0.496 e. The zero-order valence-electron chi connectivity index (χ0n) is 18.5. The summed E-state index contributed by atoms with van der Waals surface area (Å²) in [7, 11) is 1.69. The second-order valence-corrected chi connectivity index (χ2v) is 8.89. The van der Waals surface area contributed by atoms with E-state index in [1.54, 1.807) is 23.2 Å². The van der Waals surface area contributed by atoms with Gasteiger partial charge in [-0.15, -0.1) is 26.3 Å². The molecule has 0 amide bonds. The lowest BCUT2D eigenvalue weighted by molar-refractivity contribution is 0.413. The largest absolute Gasteiger partial charge is 0.496 e. The van der Waals surface area contributed by atoms with Gasteiger partial charge >= 0.3 is 0 Å². The van der Waals surface area contributed by atoms with E-state index in [-0.39, 0.29) is 5.92 Å². The minimum atomic E-state index is 0.248. The first-order valence-electron chi connectivity index (χ1n) is 10.6. The van der Waals surface area contributed by atoms with Crippen LogP contribution in [0.5, 0.6) is 5.75 Å². The number of tetrazole rings is 1. The SMILES string of the molecule is COc1ccc(-n2nnc(C(C)C)n2)cc1C=CCCCCc1csc(C(C)C)n1. The maximum atomic E-state index is 5.51. The molecule has 0 aliphatic rings. The van der Waals surface area contributed by atoms with E-state index in [9.17, 15) is 0 Å². The van der Waals surface area contributed by atoms with Crippen LogP contribution in [0.15, 0.2) is 29.7 Å². The monoisotopic (exact) mass is 425 g/mol. The van der Waals surface area contributed by atoms with E-state index in [0.29, 0.717) is 5.92 Å². The van der Waals surface area contributed by atoms with Crippen LogP contribution in [0.1, 0.15) is 80.9 Å². The maximum Gasteiger partial charge on any atom is 0.177 e. The summed E-state index contributed by atoms with van der Waals surface area (Å²) in [4.78, 5) is 6.29. The molecule has 160 valence electrons. The summed E-state index contributed by atoms with van der Waals surface area (Å²) >= 11 is 1.77. The van der Waals surface area contributed by atoms with Crippen LogP contribution in [-0.4, -0.2) is 32.3 Å². The summed E-state index contributed by atoms with van der Waals surface area (Å²) in [5.74, 6) is 2.34. The lowest BCUT2D eigenvalue weighted by Crippen LogP contribution is -2.01. The molecular formula is C23H31N5OS. The fourth-order valence-corrected chi connectivity index (χ4v) is 3.89. The van der Waals surface area contributed by atoms with Crippen LogP contribution in [0.4, 0.5) is 0 Å². The normalized spacial score (nSPS) is 11.8. The fraction of sp³-hybridized carbons (Fsp3) is 0.478. The molecule has 0 atom stereocenters. The fourth-order valence-electron chi connectivity index (χ4n) is 3.02. The van der Waals surface area contributed by atoms with Crippen LogP contribution >= 0.6 is 11.3 Å². The van der Waals surface area contributed by atoms with Crippen molar-refractivity contribution in [2.75, 3.05) is 7.11 Å². The highest BCUT2D eigenvalue weighted by molar-refractivity contribution is 7.09. The number of rotatable bonds is 10. The Morgan fingerprint density at radius 1 is 1.13 bits per heavy atom. The van der Waals surface area contributed by atoms with E-state index in [1.807, 2.05) is 18.2 Å². The summed E-state index contributed by atoms with van der Waals surface area (Å²) in [6.07, 6.45) is 8.66. The van der Waals surface area contributed by atoms with Gasteiger partial charge in [0.05, 0.1) is 23.5 Å². The first-order chi connectivity index (χ1) is 14.5. The van der Waals surface area contributed by atoms with Crippen molar-refractivity contribution in [1.29, 1.82) is 0 Å². The van der Waals surface area contributed by atoms with Gasteiger partial charge in [-0.3, -0.25) is 0 Å². The molecule has 1 aromatic carbocycles. The van der Waals surface area contributed by atoms with Gasteiger partial charge in [-0.05, 0) is 49.1 Å². The third-order valence-electron chi connectivity index (χ3n) is 4.80. The number of nitrogens with zero attached hydrogens (tertiary/aromatic N) is 5. The molecule has 7 heteroatoms. The van der Waals surface area contributed by atoms with Gasteiger partial charge < -0.3 is 4.74 Å². The average Bonchev–Trinajstić information content (AvgIpc) is 3.40. The Hall–Kier alpha value is -2.54. The van der Waals surface area contributed by atoms with Crippen molar-refractivity contribution in [3.8, 4) is 11.4 Å². The van der Waals surface area contributed by atoms with Crippen molar-refractivity contribution in [3.63, 3.8) is 0 Å². The van der Waals surface area contributed by atoms with Crippen LogP contribution in [0.25, 0.3) is 11.8 Å². The Labute approximate surface area is 183 Å². The lowest BCUT2D eigenvalue weighted by Gasteiger charge is -2.07. The predicted molar refractivity (Wildman–Crippen MR) is 123 cm³/mol. The second kappa shape index (κ2) is 10.5. The number of hydrogen-bond donors (Lipinski definition) is 0.